The molecule has 1 rings (SSSR count). The van der Waals surface area contributed by atoms with Crippen molar-refractivity contribution in [2.24, 2.45) is 0 Å². The van der Waals surface area contributed by atoms with E-state index in [4.69, 9.17) is 4.74 Å². The van der Waals surface area contributed by atoms with Gasteiger partial charge in [-0.1, -0.05) is 25.0 Å². The minimum absolute atomic E-state index is 0.122. The second-order valence-electron chi connectivity index (χ2n) is 5.68. The van der Waals surface area contributed by atoms with E-state index < -0.39 is 0 Å². The third-order valence-corrected chi connectivity index (χ3v) is 3.76. The van der Waals surface area contributed by atoms with Crippen molar-refractivity contribution in [2.75, 3.05) is 20.7 Å². The molecule has 0 aromatic heterocycles. The molecule has 0 fully saturated rings. The first kappa shape index (κ1) is 19.2. The summed E-state index contributed by atoms with van der Waals surface area (Å²) in [5.74, 6) is 0.716. The van der Waals surface area contributed by atoms with Gasteiger partial charge in [-0.15, -0.1) is 0 Å². The Balaban J connectivity index is 2.20. The number of benzene rings is 1. The van der Waals surface area contributed by atoms with E-state index in [1.54, 1.807) is 18.2 Å². The molecule has 0 saturated carbocycles. The highest BCUT2D eigenvalue weighted by Crippen LogP contribution is 2.26. The smallest absolute Gasteiger partial charge is 0.160 e. The number of unbranched alkanes of at least 4 members (excludes halogenated alkanes) is 4. The second-order valence-corrected chi connectivity index (χ2v) is 5.68. The number of ether oxygens (including phenoxy) is 1. The average Bonchev–Trinajstić information content (AvgIpc) is 2.56. The number of hydrogen-bond donors (Lipinski definition) is 2. The second kappa shape index (κ2) is 11.7. The Hall–Kier alpha value is -1.81. The van der Waals surface area contributed by atoms with Crippen molar-refractivity contribution in [3.8, 4) is 11.5 Å². The Labute approximate surface area is 139 Å². The third-order valence-electron chi connectivity index (χ3n) is 3.76. The first-order valence-electron chi connectivity index (χ1n) is 8.37. The summed E-state index contributed by atoms with van der Waals surface area (Å²) in [7, 11) is 3.49. The third kappa shape index (κ3) is 8.41. The van der Waals surface area contributed by atoms with E-state index in [9.17, 15) is 9.90 Å². The molecule has 0 spiro atoms. The molecule has 0 radical (unpaired) electrons. The van der Waals surface area contributed by atoms with E-state index in [1.165, 1.54) is 26.4 Å². The van der Waals surface area contributed by atoms with Crippen molar-refractivity contribution in [2.45, 2.75) is 44.9 Å². The van der Waals surface area contributed by atoms with Crippen LogP contribution in [-0.4, -0.2) is 31.6 Å². The molecule has 1 aromatic rings. The number of phenolic OH excluding ortho intramolecular Hbond substituents is 1. The predicted octanol–water partition coefficient (Wildman–Crippen LogP) is 3.63. The van der Waals surface area contributed by atoms with Crippen molar-refractivity contribution in [1.82, 2.24) is 5.32 Å². The van der Waals surface area contributed by atoms with Crippen LogP contribution in [-0.2, 0) is 11.2 Å². The summed E-state index contributed by atoms with van der Waals surface area (Å²) in [6, 6.07) is 5.19. The lowest BCUT2D eigenvalue weighted by molar-refractivity contribution is -0.114. The molecule has 0 aliphatic carbocycles. The van der Waals surface area contributed by atoms with Crippen LogP contribution in [0.15, 0.2) is 30.4 Å². The van der Waals surface area contributed by atoms with Crippen molar-refractivity contribution >= 4 is 5.78 Å². The normalized spacial score (nSPS) is 11.0. The van der Waals surface area contributed by atoms with E-state index in [0.717, 1.165) is 24.9 Å². The molecule has 0 amide bonds. The number of phenols is 1. The molecule has 0 atom stereocenters. The highest BCUT2D eigenvalue weighted by Gasteiger charge is 2.04. The minimum Gasteiger partial charge on any atom is -0.504 e. The lowest BCUT2D eigenvalue weighted by Crippen LogP contribution is -2.06. The van der Waals surface area contributed by atoms with Crippen molar-refractivity contribution < 1.29 is 14.6 Å². The number of rotatable bonds is 12. The number of nitrogens with one attached hydrogen (secondary N) is 1. The molecule has 2 N–H and O–H groups in total. The van der Waals surface area contributed by atoms with Crippen LogP contribution < -0.4 is 10.1 Å². The van der Waals surface area contributed by atoms with E-state index in [-0.39, 0.29) is 11.5 Å². The molecule has 4 heteroatoms. The number of aromatic hydroxyl groups is 1. The van der Waals surface area contributed by atoms with Crippen LogP contribution in [0.4, 0.5) is 0 Å². The quantitative estimate of drug-likeness (QED) is 0.456. The fraction of sp³-hybridized carbons (Fsp3) is 0.526. The fourth-order valence-electron chi connectivity index (χ4n) is 2.36. The summed E-state index contributed by atoms with van der Waals surface area (Å²) in [6.07, 6.45) is 10.6. The van der Waals surface area contributed by atoms with Gasteiger partial charge in [-0.05, 0) is 63.0 Å². The minimum atomic E-state index is 0.122. The van der Waals surface area contributed by atoms with Gasteiger partial charge < -0.3 is 15.2 Å². The zero-order valence-electron chi connectivity index (χ0n) is 14.3. The molecule has 0 heterocycles. The lowest BCUT2D eigenvalue weighted by Gasteiger charge is -2.05. The maximum Gasteiger partial charge on any atom is 0.160 e. The van der Waals surface area contributed by atoms with Crippen LogP contribution in [0, 0.1) is 0 Å². The topological polar surface area (TPSA) is 58.6 Å². The van der Waals surface area contributed by atoms with Gasteiger partial charge in [0, 0.05) is 6.42 Å². The van der Waals surface area contributed by atoms with E-state index >= 15 is 0 Å². The van der Waals surface area contributed by atoms with Gasteiger partial charge in [-0.25, -0.2) is 0 Å². The van der Waals surface area contributed by atoms with Gasteiger partial charge in [0.15, 0.2) is 17.3 Å². The monoisotopic (exact) mass is 319 g/mol. The molecule has 1 aromatic carbocycles. The van der Waals surface area contributed by atoms with Gasteiger partial charge in [0.1, 0.15) is 0 Å². The summed E-state index contributed by atoms with van der Waals surface area (Å²) in [4.78, 5) is 11.8. The molecule has 0 saturated heterocycles. The highest BCUT2D eigenvalue weighted by atomic mass is 16.5. The standard InChI is InChI=1S/C19H29NO3/c1-20-14-8-6-4-3-5-7-9-17(21)12-10-16-11-13-18(22)19(15-16)23-2/h7,9,11,13,15,20,22H,3-6,8,10,12,14H2,1-2H3. The molecule has 4 nitrogen and oxygen atoms in total. The SMILES string of the molecule is CNCCCCCCC=CC(=O)CCc1ccc(O)c(OC)c1. The zero-order chi connectivity index (χ0) is 16.9. The van der Waals surface area contributed by atoms with Crippen LogP contribution in [0.25, 0.3) is 0 Å². The Kier molecular flexibility index (Phi) is 9.80. The Bertz CT molecular complexity index is 497. The summed E-state index contributed by atoms with van der Waals surface area (Å²) in [5.41, 5.74) is 0.992. The van der Waals surface area contributed by atoms with E-state index in [1.807, 2.05) is 19.2 Å². The van der Waals surface area contributed by atoms with Crippen molar-refractivity contribution in [3.05, 3.63) is 35.9 Å². The van der Waals surface area contributed by atoms with E-state index in [2.05, 4.69) is 5.32 Å². The van der Waals surface area contributed by atoms with Gasteiger partial charge in [-0.2, -0.15) is 0 Å². The summed E-state index contributed by atoms with van der Waals surface area (Å²) < 4.78 is 5.07. The van der Waals surface area contributed by atoms with Crippen LogP contribution in [0.2, 0.25) is 0 Å². The molecule has 0 aliphatic heterocycles. The van der Waals surface area contributed by atoms with Crippen LogP contribution in [0.3, 0.4) is 0 Å². The van der Waals surface area contributed by atoms with Gasteiger partial charge in [0.25, 0.3) is 0 Å². The average molecular weight is 319 g/mol. The van der Waals surface area contributed by atoms with E-state index in [0.29, 0.717) is 18.6 Å². The molecule has 0 bridgehead atoms. The molecular weight excluding hydrogens is 290 g/mol. The van der Waals surface area contributed by atoms with Crippen LogP contribution >= 0.6 is 0 Å². The number of ketones is 1. The Morgan fingerprint density at radius 3 is 2.78 bits per heavy atom. The van der Waals surface area contributed by atoms with Gasteiger partial charge in [-0.3, -0.25) is 4.79 Å². The number of allylic oxidation sites excluding steroid dienone is 2. The maximum absolute atomic E-state index is 11.8. The number of carbonyl (C=O) groups excluding carboxylic acids is 1. The number of hydrogen-bond acceptors (Lipinski definition) is 4. The van der Waals surface area contributed by atoms with Gasteiger partial charge in [0.2, 0.25) is 0 Å². The van der Waals surface area contributed by atoms with Gasteiger partial charge in [0.05, 0.1) is 7.11 Å². The number of carbonyl (C=O) groups is 1. The first-order valence-corrected chi connectivity index (χ1v) is 8.37. The molecule has 128 valence electrons. The summed E-state index contributed by atoms with van der Waals surface area (Å²) in [6.45, 7) is 1.08. The fourth-order valence-corrected chi connectivity index (χ4v) is 2.36. The zero-order valence-corrected chi connectivity index (χ0v) is 14.3. The predicted molar refractivity (Wildman–Crippen MR) is 94.1 cm³/mol. The van der Waals surface area contributed by atoms with Crippen LogP contribution in [0.5, 0.6) is 11.5 Å². The van der Waals surface area contributed by atoms with Crippen molar-refractivity contribution in [3.63, 3.8) is 0 Å². The molecule has 0 aliphatic rings. The summed E-state index contributed by atoms with van der Waals surface area (Å²) >= 11 is 0. The highest BCUT2D eigenvalue weighted by molar-refractivity contribution is 5.89. The molecule has 0 unspecified atom stereocenters. The maximum atomic E-state index is 11.8. The largest absolute Gasteiger partial charge is 0.504 e. The lowest BCUT2D eigenvalue weighted by atomic mass is 10.1. The molecule has 23 heavy (non-hydrogen) atoms. The first-order chi connectivity index (χ1) is 11.2. The number of aryl methyl sites for hydroxylation is 1. The van der Waals surface area contributed by atoms with Crippen molar-refractivity contribution in [1.29, 1.82) is 0 Å². The Morgan fingerprint density at radius 2 is 2.04 bits per heavy atom. The summed E-state index contributed by atoms with van der Waals surface area (Å²) in [5, 5.41) is 12.7. The number of methoxy groups -OCH3 is 1. The Morgan fingerprint density at radius 1 is 1.26 bits per heavy atom. The molecular formula is C19H29NO3. The van der Waals surface area contributed by atoms with Crippen LogP contribution in [0.1, 0.15) is 44.1 Å². The van der Waals surface area contributed by atoms with Gasteiger partial charge >= 0.3 is 0 Å².